The molecule has 1 aliphatic rings. The van der Waals surface area contributed by atoms with Gasteiger partial charge >= 0.3 is 0 Å². The lowest BCUT2D eigenvalue weighted by Crippen LogP contribution is -2.06. The molecule has 3 rings (SSSR count). The number of fused-ring (bicyclic) bond motifs is 3. The molecule has 1 aliphatic carbocycles. The summed E-state index contributed by atoms with van der Waals surface area (Å²) < 4.78 is 5.27. The van der Waals surface area contributed by atoms with Crippen molar-refractivity contribution in [2.24, 2.45) is 0 Å². The van der Waals surface area contributed by atoms with E-state index in [1.54, 1.807) is 18.4 Å². The van der Waals surface area contributed by atoms with Crippen LogP contribution in [0.1, 0.15) is 23.3 Å². The number of rotatable bonds is 1. The van der Waals surface area contributed by atoms with Crippen molar-refractivity contribution < 1.29 is 4.74 Å². The van der Waals surface area contributed by atoms with Crippen LogP contribution in [-0.4, -0.2) is 12.1 Å². The molecule has 0 saturated heterocycles. The van der Waals surface area contributed by atoms with E-state index in [0.29, 0.717) is 11.0 Å². The third-order valence-electron chi connectivity index (χ3n) is 3.21. The van der Waals surface area contributed by atoms with Crippen LogP contribution in [0.3, 0.4) is 0 Å². The topological polar surface area (TPSA) is 48.1 Å². The lowest BCUT2D eigenvalue weighted by molar-refractivity contribution is 0.414. The average molecular weight is 246 g/mol. The molecule has 1 aromatic heterocycles. The van der Waals surface area contributed by atoms with Crippen molar-refractivity contribution in [1.29, 1.82) is 0 Å². The Bertz CT molecular complexity index is 577. The second-order valence-electron chi connectivity index (χ2n) is 4.39. The molecule has 0 bridgehead atoms. The zero-order chi connectivity index (χ0) is 12.0. The second kappa shape index (κ2) is 3.74. The molecule has 3 nitrogen and oxygen atoms in total. The summed E-state index contributed by atoms with van der Waals surface area (Å²) in [6.45, 7) is 2.22. The van der Waals surface area contributed by atoms with Crippen molar-refractivity contribution in [2.75, 3.05) is 12.8 Å². The summed E-state index contributed by atoms with van der Waals surface area (Å²) in [5.74, 6) is 1.39. The van der Waals surface area contributed by atoms with E-state index in [1.165, 1.54) is 16.0 Å². The Morgan fingerprint density at radius 1 is 1.47 bits per heavy atom. The lowest BCUT2D eigenvalue weighted by atomic mass is 9.87. The third kappa shape index (κ3) is 1.60. The lowest BCUT2D eigenvalue weighted by Gasteiger charge is -2.21. The van der Waals surface area contributed by atoms with E-state index < -0.39 is 0 Å². The monoisotopic (exact) mass is 246 g/mol. The standard InChI is InChI=1S/C13H14N2OS/c1-7-5-8-6-9(16-2)3-4-10(8)11-12(7)17-13(14)15-11/h3-4,6-7H,5H2,1-2H3,(H2,14,15)/t7-/m0/s1. The number of nitrogen functional groups attached to an aromatic ring is 1. The van der Waals surface area contributed by atoms with Crippen LogP contribution in [0, 0.1) is 0 Å². The number of nitrogens with zero attached hydrogens (tertiary/aromatic N) is 1. The number of methoxy groups -OCH3 is 1. The van der Waals surface area contributed by atoms with E-state index in [2.05, 4.69) is 24.0 Å². The fourth-order valence-corrected chi connectivity index (χ4v) is 3.29. The zero-order valence-electron chi connectivity index (χ0n) is 9.86. The van der Waals surface area contributed by atoms with Gasteiger partial charge in [0, 0.05) is 10.4 Å². The SMILES string of the molecule is COc1ccc2c(c1)C[C@H](C)c1sc(N)nc1-2. The van der Waals surface area contributed by atoms with Crippen LogP contribution in [0.25, 0.3) is 11.3 Å². The highest BCUT2D eigenvalue weighted by Gasteiger charge is 2.25. The largest absolute Gasteiger partial charge is 0.497 e. The maximum absolute atomic E-state index is 5.82. The van der Waals surface area contributed by atoms with Gasteiger partial charge in [-0.1, -0.05) is 6.92 Å². The molecule has 0 saturated carbocycles. The van der Waals surface area contributed by atoms with E-state index in [-0.39, 0.29) is 0 Å². The van der Waals surface area contributed by atoms with Crippen LogP contribution in [0.2, 0.25) is 0 Å². The fraction of sp³-hybridized carbons (Fsp3) is 0.308. The van der Waals surface area contributed by atoms with E-state index in [4.69, 9.17) is 10.5 Å². The Morgan fingerprint density at radius 3 is 3.06 bits per heavy atom. The summed E-state index contributed by atoms with van der Waals surface area (Å²) in [5, 5.41) is 0.658. The fourth-order valence-electron chi connectivity index (χ4n) is 2.40. The van der Waals surface area contributed by atoms with E-state index in [9.17, 15) is 0 Å². The molecule has 0 fully saturated rings. The van der Waals surface area contributed by atoms with Crippen molar-refractivity contribution in [1.82, 2.24) is 4.98 Å². The molecule has 88 valence electrons. The molecular formula is C13H14N2OS. The van der Waals surface area contributed by atoms with Crippen LogP contribution in [0.4, 0.5) is 5.13 Å². The van der Waals surface area contributed by atoms with Gasteiger partial charge in [0.05, 0.1) is 12.8 Å². The minimum absolute atomic E-state index is 0.486. The molecule has 2 aromatic rings. The van der Waals surface area contributed by atoms with Gasteiger partial charge in [-0.25, -0.2) is 4.98 Å². The van der Waals surface area contributed by atoms with Crippen molar-refractivity contribution in [3.8, 4) is 17.0 Å². The highest BCUT2D eigenvalue weighted by molar-refractivity contribution is 7.16. The van der Waals surface area contributed by atoms with Gasteiger partial charge in [0.1, 0.15) is 5.75 Å². The highest BCUT2D eigenvalue weighted by Crippen LogP contribution is 2.43. The number of benzene rings is 1. The normalized spacial score (nSPS) is 17.4. The first-order chi connectivity index (χ1) is 8.19. The Balaban J connectivity index is 2.20. The zero-order valence-corrected chi connectivity index (χ0v) is 10.7. The Labute approximate surface area is 104 Å². The summed E-state index contributed by atoms with van der Waals surface area (Å²) >= 11 is 1.61. The van der Waals surface area contributed by atoms with Gasteiger partial charge in [-0.05, 0) is 36.1 Å². The number of thiazole rings is 1. The number of nitrogens with two attached hydrogens (primary N) is 1. The minimum atomic E-state index is 0.486. The van der Waals surface area contributed by atoms with Crippen LogP contribution in [0.5, 0.6) is 5.75 Å². The molecule has 0 radical (unpaired) electrons. The van der Waals surface area contributed by atoms with Gasteiger partial charge in [-0.3, -0.25) is 0 Å². The third-order valence-corrected chi connectivity index (χ3v) is 4.33. The molecule has 1 aromatic carbocycles. The summed E-state index contributed by atoms with van der Waals surface area (Å²) in [6, 6.07) is 6.16. The van der Waals surface area contributed by atoms with Crippen LogP contribution >= 0.6 is 11.3 Å². The maximum atomic E-state index is 5.82. The predicted octanol–water partition coefficient (Wildman–Crippen LogP) is 3.06. The van der Waals surface area contributed by atoms with Gasteiger partial charge in [0.2, 0.25) is 0 Å². The summed E-state index contributed by atoms with van der Waals surface area (Å²) in [7, 11) is 1.69. The van der Waals surface area contributed by atoms with Gasteiger partial charge < -0.3 is 10.5 Å². The number of hydrogen-bond donors (Lipinski definition) is 1. The van der Waals surface area contributed by atoms with Gasteiger partial charge in [0.25, 0.3) is 0 Å². The highest BCUT2D eigenvalue weighted by atomic mass is 32.1. The number of anilines is 1. The molecule has 0 unspecified atom stereocenters. The van der Waals surface area contributed by atoms with E-state index in [1.807, 2.05) is 6.07 Å². The number of hydrogen-bond acceptors (Lipinski definition) is 4. The van der Waals surface area contributed by atoms with Crippen molar-refractivity contribution in [3.05, 3.63) is 28.6 Å². The summed E-state index contributed by atoms with van der Waals surface area (Å²) in [5.41, 5.74) is 9.38. The minimum Gasteiger partial charge on any atom is -0.497 e. The average Bonchev–Trinajstić information content (AvgIpc) is 2.71. The Hall–Kier alpha value is -1.55. The van der Waals surface area contributed by atoms with Gasteiger partial charge in [-0.15, -0.1) is 11.3 Å². The Kier molecular flexibility index (Phi) is 2.33. The molecule has 17 heavy (non-hydrogen) atoms. The summed E-state index contributed by atoms with van der Waals surface area (Å²) in [4.78, 5) is 5.76. The number of ether oxygens (including phenoxy) is 1. The van der Waals surface area contributed by atoms with Crippen LogP contribution in [-0.2, 0) is 6.42 Å². The number of aromatic nitrogens is 1. The molecule has 1 atom stereocenters. The molecule has 4 heteroatoms. The molecule has 2 N–H and O–H groups in total. The summed E-state index contributed by atoms with van der Waals surface area (Å²) in [6.07, 6.45) is 1.03. The van der Waals surface area contributed by atoms with Crippen LogP contribution < -0.4 is 10.5 Å². The maximum Gasteiger partial charge on any atom is 0.180 e. The molecule has 0 spiro atoms. The second-order valence-corrected chi connectivity index (χ2v) is 5.46. The smallest absolute Gasteiger partial charge is 0.180 e. The van der Waals surface area contributed by atoms with Crippen LogP contribution in [0.15, 0.2) is 18.2 Å². The first-order valence-corrected chi connectivity index (χ1v) is 6.44. The first-order valence-electron chi connectivity index (χ1n) is 5.62. The van der Waals surface area contributed by atoms with Crippen molar-refractivity contribution in [3.63, 3.8) is 0 Å². The molecular weight excluding hydrogens is 232 g/mol. The van der Waals surface area contributed by atoms with Gasteiger partial charge in [-0.2, -0.15) is 0 Å². The van der Waals surface area contributed by atoms with Crippen molar-refractivity contribution in [2.45, 2.75) is 19.3 Å². The van der Waals surface area contributed by atoms with Gasteiger partial charge in [0.15, 0.2) is 5.13 Å². The van der Waals surface area contributed by atoms with Crippen molar-refractivity contribution >= 4 is 16.5 Å². The first kappa shape index (κ1) is 10.6. The predicted molar refractivity (Wildman–Crippen MR) is 70.6 cm³/mol. The van der Waals surface area contributed by atoms with E-state index >= 15 is 0 Å². The quantitative estimate of drug-likeness (QED) is 0.841. The van der Waals surface area contributed by atoms with E-state index in [0.717, 1.165) is 17.9 Å². The molecule has 0 amide bonds. The molecule has 0 aliphatic heterocycles. The molecule has 1 heterocycles. The Morgan fingerprint density at radius 2 is 2.29 bits per heavy atom.